The molecule has 0 saturated heterocycles. The van der Waals surface area contributed by atoms with Crippen LogP contribution < -0.4 is 10.6 Å². The molecule has 0 aliphatic heterocycles. The summed E-state index contributed by atoms with van der Waals surface area (Å²) in [6.07, 6.45) is 8.97. The number of aromatic nitrogens is 1. The van der Waals surface area contributed by atoms with Gasteiger partial charge in [-0.25, -0.2) is 0 Å². The van der Waals surface area contributed by atoms with Crippen LogP contribution in [0.3, 0.4) is 0 Å². The van der Waals surface area contributed by atoms with Gasteiger partial charge in [-0.2, -0.15) is 0 Å². The lowest BCUT2D eigenvalue weighted by atomic mass is 9.96. The molecule has 1 aromatic heterocycles. The van der Waals surface area contributed by atoms with E-state index in [1.54, 1.807) is 0 Å². The summed E-state index contributed by atoms with van der Waals surface area (Å²) in [5.41, 5.74) is 0. The molecule has 1 atom stereocenters. The van der Waals surface area contributed by atoms with Crippen molar-refractivity contribution in [2.24, 2.45) is 11.8 Å². The normalized spacial score (nSPS) is 16.3. The molecule has 0 aromatic carbocycles. The number of H-pyrrole nitrogens is 1. The summed E-state index contributed by atoms with van der Waals surface area (Å²) in [6, 6.07) is 2.15. The third-order valence-electron chi connectivity index (χ3n) is 2.72. The summed E-state index contributed by atoms with van der Waals surface area (Å²) in [5, 5.41) is 2.58. The fourth-order valence-corrected chi connectivity index (χ4v) is 2.05. The van der Waals surface area contributed by atoms with Crippen molar-refractivity contribution in [3.05, 3.63) is 22.8 Å². The van der Waals surface area contributed by atoms with Crippen LogP contribution in [0.15, 0.2) is 12.3 Å². The van der Waals surface area contributed by atoms with E-state index < -0.39 is 0 Å². The first-order valence-electron chi connectivity index (χ1n) is 5.93. The smallest absolute Gasteiger partial charge is 0.0407 e. The van der Waals surface area contributed by atoms with Crippen LogP contribution in [0.25, 0.3) is 12.2 Å². The van der Waals surface area contributed by atoms with Crippen molar-refractivity contribution in [2.75, 3.05) is 0 Å². The summed E-state index contributed by atoms with van der Waals surface area (Å²) >= 11 is 0. The van der Waals surface area contributed by atoms with E-state index in [-0.39, 0.29) is 0 Å². The minimum atomic E-state index is 0.782. The van der Waals surface area contributed by atoms with Gasteiger partial charge >= 0.3 is 0 Å². The molecular weight excluding hydrogens is 182 g/mol. The zero-order valence-corrected chi connectivity index (χ0v) is 10.4. The highest BCUT2D eigenvalue weighted by Crippen LogP contribution is 2.14. The van der Waals surface area contributed by atoms with Crippen molar-refractivity contribution >= 4 is 12.2 Å². The van der Waals surface area contributed by atoms with Gasteiger partial charge in [0.2, 0.25) is 0 Å². The highest BCUT2D eigenvalue weighted by Gasteiger charge is 2.02. The second kappa shape index (κ2) is 5.79. The van der Waals surface area contributed by atoms with Crippen molar-refractivity contribution in [1.82, 2.24) is 4.98 Å². The average Bonchev–Trinajstić information content (AvgIpc) is 2.60. The Bertz CT molecular complexity index is 384. The average molecular weight is 205 g/mol. The Morgan fingerprint density at radius 2 is 2.07 bits per heavy atom. The molecule has 0 saturated carbocycles. The van der Waals surface area contributed by atoms with Crippen molar-refractivity contribution in [3.8, 4) is 0 Å². The monoisotopic (exact) mass is 205 g/mol. The summed E-state index contributed by atoms with van der Waals surface area (Å²) in [7, 11) is 0. The molecule has 0 spiro atoms. The molecule has 0 aliphatic carbocycles. The maximum atomic E-state index is 3.23. The highest BCUT2D eigenvalue weighted by atomic mass is 14.6. The van der Waals surface area contributed by atoms with Gasteiger partial charge in [0.15, 0.2) is 0 Å². The largest absolute Gasteiger partial charge is 0.361 e. The van der Waals surface area contributed by atoms with Gasteiger partial charge in [-0.3, -0.25) is 0 Å². The Morgan fingerprint density at radius 1 is 1.33 bits per heavy atom. The first kappa shape index (κ1) is 12.1. The van der Waals surface area contributed by atoms with Gasteiger partial charge in [0, 0.05) is 11.5 Å². The van der Waals surface area contributed by atoms with Crippen LogP contribution in [0.1, 0.15) is 40.5 Å². The zero-order chi connectivity index (χ0) is 11.3. The van der Waals surface area contributed by atoms with Crippen LogP contribution in [-0.2, 0) is 0 Å². The molecule has 1 heterocycles. The molecule has 15 heavy (non-hydrogen) atoms. The number of nitrogens with one attached hydrogen (secondary N) is 1. The predicted molar refractivity (Wildman–Crippen MR) is 67.9 cm³/mol. The molecule has 1 aromatic rings. The van der Waals surface area contributed by atoms with E-state index in [1.807, 2.05) is 6.20 Å². The first-order valence-corrected chi connectivity index (χ1v) is 5.93. The second-order valence-corrected chi connectivity index (χ2v) is 4.81. The van der Waals surface area contributed by atoms with Gasteiger partial charge in [0.1, 0.15) is 0 Å². The standard InChI is InChI=1S/C14H23N/c1-5-14-13(8-9-15-14)7-6-12(4)10-11(2)3/h5,7-9,11-12,15H,6,10H2,1-4H3/b13-7-,14-5+. The van der Waals surface area contributed by atoms with Crippen LogP contribution in [-0.4, -0.2) is 4.98 Å². The lowest BCUT2D eigenvalue weighted by molar-refractivity contribution is 0.449. The molecular formula is C14H23N. The predicted octanol–water partition coefficient (Wildman–Crippen LogP) is 2.67. The maximum Gasteiger partial charge on any atom is 0.0407 e. The van der Waals surface area contributed by atoms with Crippen LogP contribution in [0.4, 0.5) is 0 Å². The fourth-order valence-electron chi connectivity index (χ4n) is 2.05. The van der Waals surface area contributed by atoms with Gasteiger partial charge in [0.05, 0.1) is 0 Å². The van der Waals surface area contributed by atoms with E-state index in [4.69, 9.17) is 0 Å². The van der Waals surface area contributed by atoms with Crippen molar-refractivity contribution in [1.29, 1.82) is 0 Å². The van der Waals surface area contributed by atoms with Crippen LogP contribution >= 0.6 is 0 Å². The molecule has 1 N–H and O–H groups in total. The summed E-state index contributed by atoms with van der Waals surface area (Å²) in [5.74, 6) is 1.58. The van der Waals surface area contributed by atoms with Crippen LogP contribution in [0.2, 0.25) is 0 Å². The van der Waals surface area contributed by atoms with E-state index in [1.165, 1.54) is 23.4 Å². The van der Waals surface area contributed by atoms with Crippen LogP contribution in [0, 0.1) is 11.8 Å². The van der Waals surface area contributed by atoms with Gasteiger partial charge in [-0.15, -0.1) is 0 Å². The molecule has 1 rings (SSSR count). The lowest BCUT2D eigenvalue weighted by Gasteiger charge is -2.10. The van der Waals surface area contributed by atoms with E-state index in [0.717, 1.165) is 11.8 Å². The van der Waals surface area contributed by atoms with Gasteiger partial charge < -0.3 is 4.98 Å². The third kappa shape index (κ3) is 3.94. The van der Waals surface area contributed by atoms with Gasteiger partial charge in [-0.1, -0.05) is 32.9 Å². The molecule has 0 bridgehead atoms. The minimum absolute atomic E-state index is 0.782. The molecule has 0 amide bonds. The van der Waals surface area contributed by atoms with Gasteiger partial charge in [0.25, 0.3) is 0 Å². The second-order valence-electron chi connectivity index (χ2n) is 4.81. The molecule has 84 valence electrons. The Balaban J connectivity index is 2.66. The Labute approximate surface area is 92.9 Å². The Kier molecular flexibility index (Phi) is 4.67. The first-order chi connectivity index (χ1) is 7.13. The maximum absolute atomic E-state index is 3.23. The molecule has 0 radical (unpaired) electrons. The number of rotatable bonds is 4. The lowest BCUT2D eigenvalue weighted by Crippen LogP contribution is -2.21. The number of hydrogen-bond acceptors (Lipinski definition) is 0. The van der Waals surface area contributed by atoms with Crippen LogP contribution in [0.5, 0.6) is 0 Å². The summed E-state index contributed by atoms with van der Waals surface area (Å²) < 4.78 is 0. The molecule has 1 heteroatoms. The SMILES string of the molecule is C/C=c1/[nH]cc/c1=C/CC(C)CC(C)C. The third-order valence-corrected chi connectivity index (χ3v) is 2.72. The topological polar surface area (TPSA) is 15.8 Å². The van der Waals surface area contributed by atoms with E-state index in [0.29, 0.717) is 0 Å². The van der Waals surface area contributed by atoms with E-state index >= 15 is 0 Å². The molecule has 1 nitrogen and oxygen atoms in total. The number of hydrogen-bond donors (Lipinski definition) is 1. The number of aromatic amines is 1. The molecule has 0 aliphatic rings. The zero-order valence-electron chi connectivity index (χ0n) is 10.4. The summed E-state index contributed by atoms with van der Waals surface area (Å²) in [6.45, 7) is 8.98. The molecule has 1 unspecified atom stereocenters. The Morgan fingerprint density at radius 3 is 2.67 bits per heavy atom. The fraction of sp³-hybridized carbons (Fsp3) is 0.571. The van der Waals surface area contributed by atoms with Crippen molar-refractivity contribution in [3.63, 3.8) is 0 Å². The quantitative estimate of drug-likeness (QED) is 0.778. The van der Waals surface area contributed by atoms with E-state index in [9.17, 15) is 0 Å². The van der Waals surface area contributed by atoms with Gasteiger partial charge in [-0.05, 0) is 42.9 Å². The van der Waals surface area contributed by atoms with Crippen molar-refractivity contribution < 1.29 is 0 Å². The van der Waals surface area contributed by atoms with E-state index in [2.05, 4.69) is 50.9 Å². The molecule has 0 fully saturated rings. The Hall–Kier alpha value is -0.980. The minimum Gasteiger partial charge on any atom is -0.361 e. The summed E-state index contributed by atoms with van der Waals surface area (Å²) in [4.78, 5) is 3.23. The highest BCUT2D eigenvalue weighted by molar-refractivity contribution is 5.27. The van der Waals surface area contributed by atoms with Crippen molar-refractivity contribution in [2.45, 2.75) is 40.5 Å².